The molecule has 0 saturated carbocycles. The third-order valence-corrected chi connectivity index (χ3v) is 6.67. The van der Waals surface area contributed by atoms with E-state index in [1.165, 1.54) is 0 Å². The van der Waals surface area contributed by atoms with Crippen LogP contribution in [-0.4, -0.2) is 76.2 Å². The monoisotopic (exact) mass is 531 g/mol. The Morgan fingerprint density at radius 2 is 2.13 bits per heavy atom. The molecule has 1 unspecified atom stereocenters. The summed E-state index contributed by atoms with van der Waals surface area (Å²) in [6, 6.07) is 4.13. The van der Waals surface area contributed by atoms with E-state index in [1.807, 2.05) is 32.2 Å². The Labute approximate surface area is 226 Å². The molecule has 39 heavy (non-hydrogen) atoms. The molecule has 3 atom stereocenters. The van der Waals surface area contributed by atoms with Gasteiger partial charge in [-0.3, -0.25) is 14.7 Å². The van der Waals surface area contributed by atoms with Crippen LogP contribution in [0.15, 0.2) is 18.5 Å². The van der Waals surface area contributed by atoms with E-state index in [4.69, 9.17) is 9.47 Å². The van der Waals surface area contributed by atoms with E-state index in [2.05, 4.69) is 43.3 Å². The Bertz CT molecular complexity index is 1540. The summed E-state index contributed by atoms with van der Waals surface area (Å²) in [5, 5.41) is 37.0. The van der Waals surface area contributed by atoms with Crippen molar-refractivity contribution in [1.29, 1.82) is 5.26 Å². The van der Waals surface area contributed by atoms with Crippen LogP contribution in [-0.2, 0) is 20.1 Å². The maximum Gasteiger partial charge on any atom is 0.241 e. The lowest BCUT2D eigenvalue weighted by molar-refractivity contribution is 0.131. The number of fused-ring (bicyclic) bond motifs is 4. The quantitative estimate of drug-likeness (QED) is 0.397. The normalized spacial score (nSPS) is 18.3. The van der Waals surface area contributed by atoms with Crippen LogP contribution in [0.1, 0.15) is 44.6 Å². The Kier molecular flexibility index (Phi) is 7.36. The van der Waals surface area contributed by atoms with Crippen molar-refractivity contribution in [2.45, 2.75) is 59.1 Å². The molecule has 5 rings (SSSR count). The lowest BCUT2D eigenvalue weighted by atomic mass is 10.1. The van der Waals surface area contributed by atoms with Crippen molar-refractivity contribution in [3.63, 3.8) is 0 Å². The number of rotatable bonds is 5. The maximum absolute atomic E-state index is 10.2. The summed E-state index contributed by atoms with van der Waals surface area (Å²) in [5.74, 6) is 0.998. The zero-order chi connectivity index (χ0) is 27.7. The summed E-state index contributed by atoms with van der Waals surface area (Å²) in [6.07, 6.45) is 5.91. The average molecular weight is 532 g/mol. The summed E-state index contributed by atoms with van der Waals surface area (Å²) in [4.78, 5) is 6.81. The van der Waals surface area contributed by atoms with Gasteiger partial charge in [-0.15, -0.1) is 5.10 Å². The van der Waals surface area contributed by atoms with Crippen molar-refractivity contribution in [3.05, 3.63) is 35.4 Å². The van der Waals surface area contributed by atoms with Crippen LogP contribution in [0, 0.1) is 11.3 Å². The summed E-state index contributed by atoms with van der Waals surface area (Å²) in [7, 11) is 1.86. The van der Waals surface area contributed by atoms with Gasteiger partial charge in [-0.2, -0.15) is 15.5 Å². The van der Waals surface area contributed by atoms with E-state index < -0.39 is 12.2 Å². The number of hydrogen-bond acceptors (Lipinski definition) is 9. The molecule has 5 heterocycles. The van der Waals surface area contributed by atoms with Crippen LogP contribution in [0.5, 0.6) is 11.8 Å². The number of H-pyrrole nitrogens is 1. The fraction of sp³-hybridized carbons (Fsp3) is 0.444. The molecule has 0 amide bonds. The number of ether oxygens (including phenoxy) is 2. The van der Waals surface area contributed by atoms with Crippen molar-refractivity contribution in [2.24, 2.45) is 7.05 Å². The maximum atomic E-state index is 10.2. The van der Waals surface area contributed by atoms with Crippen molar-refractivity contribution < 1.29 is 14.6 Å². The molecule has 0 aliphatic carbocycles. The fourth-order valence-electron chi connectivity index (χ4n) is 4.73. The first-order chi connectivity index (χ1) is 18.8. The predicted molar refractivity (Wildman–Crippen MR) is 146 cm³/mol. The fourth-order valence-corrected chi connectivity index (χ4v) is 4.73. The first kappa shape index (κ1) is 26.4. The number of aromatic nitrogens is 7. The minimum Gasteiger partial charge on any atom is -0.473 e. The minimum atomic E-state index is -0.698. The van der Waals surface area contributed by atoms with Crippen LogP contribution in [0.2, 0.25) is 0 Å². The van der Waals surface area contributed by atoms with Crippen molar-refractivity contribution in [3.8, 4) is 29.0 Å². The van der Waals surface area contributed by atoms with Crippen molar-refractivity contribution in [2.75, 3.05) is 13.1 Å². The van der Waals surface area contributed by atoms with E-state index in [1.54, 1.807) is 35.6 Å². The van der Waals surface area contributed by atoms with Crippen molar-refractivity contribution in [1.82, 2.24) is 39.6 Å². The van der Waals surface area contributed by atoms with E-state index in [9.17, 15) is 10.4 Å². The molecular formula is C27H33N9O3. The first-order valence-corrected chi connectivity index (χ1v) is 13.0. The number of nitrogens with one attached hydrogen (secondary N) is 1. The smallest absolute Gasteiger partial charge is 0.241 e. The zero-order valence-electron chi connectivity index (χ0n) is 22.8. The van der Waals surface area contributed by atoms with Gasteiger partial charge in [0.25, 0.3) is 0 Å². The van der Waals surface area contributed by atoms with E-state index >= 15 is 0 Å². The number of aliphatic hydroxyl groups is 1. The number of likely N-dealkylation sites (N-methyl/N-ethyl adjacent to an activating group) is 1. The number of aryl methyl sites for hydroxylation is 1. The van der Waals surface area contributed by atoms with Crippen LogP contribution < -0.4 is 9.47 Å². The van der Waals surface area contributed by atoms with Crippen LogP contribution in [0.25, 0.3) is 34.3 Å². The lowest BCUT2D eigenvalue weighted by Crippen LogP contribution is -2.35. The molecular weight excluding hydrogens is 498 g/mol. The highest BCUT2D eigenvalue weighted by Crippen LogP contribution is 2.33. The second kappa shape index (κ2) is 10.9. The Balaban J connectivity index is 1.70. The van der Waals surface area contributed by atoms with Gasteiger partial charge in [0.1, 0.15) is 12.2 Å². The van der Waals surface area contributed by atoms with E-state index in [0.717, 1.165) is 40.0 Å². The third kappa shape index (κ3) is 5.36. The Morgan fingerprint density at radius 3 is 2.87 bits per heavy atom. The molecule has 12 nitrogen and oxygen atoms in total. The predicted octanol–water partition coefficient (Wildman–Crippen LogP) is 3.00. The Hall–Kier alpha value is -4.21. The van der Waals surface area contributed by atoms with Gasteiger partial charge in [0.2, 0.25) is 11.8 Å². The molecule has 1 aliphatic heterocycles. The van der Waals surface area contributed by atoms with Gasteiger partial charge in [0, 0.05) is 37.3 Å². The SMILES string of the molecule is CCN1Cc2c(c(OC(C)C#N)nn2C[C@H](C)O)/C=C/c2[nH]nc3ncc(cc23)-c2cnn(C)c2O[C@@H](C)C1. The highest BCUT2D eigenvalue weighted by Gasteiger charge is 2.24. The molecule has 2 N–H and O–H groups in total. The van der Waals surface area contributed by atoms with Gasteiger partial charge < -0.3 is 14.6 Å². The molecule has 0 fully saturated rings. The lowest BCUT2D eigenvalue weighted by Gasteiger charge is -2.26. The number of nitriles is 1. The minimum absolute atomic E-state index is 0.160. The molecule has 1 aliphatic rings. The highest BCUT2D eigenvalue weighted by molar-refractivity contribution is 5.90. The third-order valence-electron chi connectivity index (χ3n) is 6.67. The largest absolute Gasteiger partial charge is 0.473 e. The summed E-state index contributed by atoms with van der Waals surface area (Å²) in [5.41, 5.74) is 4.66. The van der Waals surface area contributed by atoms with Crippen molar-refractivity contribution >= 4 is 23.2 Å². The van der Waals surface area contributed by atoms with Crippen LogP contribution in [0.4, 0.5) is 0 Å². The van der Waals surface area contributed by atoms with Crippen LogP contribution >= 0.6 is 0 Å². The molecule has 0 radical (unpaired) electrons. The van der Waals surface area contributed by atoms with Gasteiger partial charge in [0.05, 0.1) is 41.4 Å². The van der Waals surface area contributed by atoms with Crippen LogP contribution in [0.3, 0.4) is 0 Å². The van der Waals surface area contributed by atoms with Gasteiger partial charge in [-0.1, -0.05) is 6.92 Å². The molecule has 0 aromatic carbocycles. The molecule has 4 aromatic rings. The first-order valence-electron chi connectivity index (χ1n) is 13.0. The number of aromatic amines is 1. The zero-order valence-corrected chi connectivity index (χ0v) is 22.8. The Morgan fingerprint density at radius 1 is 1.31 bits per heavy atom. The molecule has 0 spiro atoms. The molecule has 204 valence electrons. The van der Waals surface area contributed by atoms with E-state index in [-0.39, 0.29) is 12.6 Å². The molecule has 2 bridgehead atoms. The van der Waals surface area contributed by atoms with E-state index in [0.29, 0.717) is 30.5 Å². The number of hydrogen-bond donors (Lipinski definition) is 2. The number of aliphatic hydroxyl groups excluding tert-OH is 1. The molecule has 4 aromatic heterocycles. The summed E-state index contributed by atoms with van der Waals surface area (Å²) < 4.78 is 15.9. The highest BCUT2D eigenvalue weighted by atomic mass is 16.5. The standard InChI is InChI=1S/C27H33N9O3/c1-6-35-14-18(4)39-27-22(12-30-34(27)5)19-9-21-23(31-32-25(21)29-11-19)8-7-20-24(15-35)36(13-16(2)37)33-26(20)38-17(3)10-28/h7-9,11-12,16-18,37H,6,13-15H2,1-5H3,(H,29,31,32)/b8-7+/t16-,17?,18-/m0/s1. The van der Waals surface area contributed by atoms with Gasteiger partial charge in [-0.25, -0.2) is 9.67 Å². The topological polar surface area (TPSA) is 143 Å². The summed E-state index contributed by atoms with van der Waals surface area (Å²) in [6.45, 7) is 9.72. The number of pyridine rings is 1. The molecule has 0 saturated heterocycles. The second-order valence-corrected chi connectivity index (χ2v) is 9.89. The van der Waals surface area contributed by atoms with Gasteiger partial charge >= 0.3 is 0 Å². The number of nitrogens with zero attached hydrogens (tertiary/aromatic N) is 8. The molecule has 12 heteroatoms. The second-order valence-electron chi connectivity index (χ2n) is 9.89. The average Bonchev–Trinajstić information content (AvgIpc) is 3.57. The van der Waals surface area contributed by atoms with Gasteiger partial charge in [-0.05, 0) is 45.5 Å². The van der Waals surface area contributed by atoms with Gasteiger partial charge in [0.15, 0.2) is 11.8 Å². The summed E-state index contributed by atoms with van der Waals surface area (Å²) >= 11 is 0.